The van der Waals surface area contributed by atoms with Gasteiger partial charge in [0.1, 0.15) is 13.6 Å². The Balaban J connectivity index is 2.14. The Morgan fingerprint density at radius 3 is 2.74 bits per heavy atom. The first-order chi connectivity index (χ1) is 13.0. The van der Waals surface area contributed by atoms with Crippen LogP contribution in [0.2, 0.25) is 0 Å². The predicted molar refractivity (Wildman–Crippen MR) is 114 cm³/mol. The second kappa shape index (κ2) is 8.21. The van der Waals surface area contributed by atoms with Crippen molar-refractivity contribution in [3.8, 4) is 5.75 Å². The number of aromatic nitrogens is 2. The van der Waals surface area contributed by atoms with Crippen LogP contribution in [0.4, 0.5) is 11.5 Å². The summed E-state index contributed by atoms with van der Waals surface area (Å²) in [7, 11) is 7.35. The molecule has 6 nitrogen and oxygen atoms in total. The molecule has 3 rings (SSSR count). The zero-order valence-electron chi connectivity index (χ0n) is 16.9. The Labute approximate surface area is 162 Å². The first kappa shape index (κ1) is 19.5. The van der Waals surface area contributed by atoms with E-state index in [2.05, 4.69) is 30.7 Å². The van der Waals surface area contributed by atoms with E-state index < -0.39 is 0 Å². The fourth-order valence-electron chi connectivity index (χ4n) is 3.92. The first-order valence-electron chi connectivity index (χ1n) is 9.53. The molecule has 8 heteroatoms. The summed E-state index contributed by atoms with van der Waals surface area (Å²) in [6.07, 6.45) is 4.61. The molecule has 1 aliphatic rings. The fourth-order valence-corrected chi connectivity index (χ4v) is 3.92. The lowest BCUT2D eigenvalue weighted by molar-refractivity contribution is 0.151. The van der Waals surface area contributed by atoms with E-state index in [0.29, 0.717) is 12.4 Å². The molecule has 0 saturated heterocycles. The highest BCUT2D eigenvalue weighted by atomic mass is 16.5. The van der Waals surface area contributed by atoms with Gasteiger partial charge in [0, 0.05) is 31.1 Å². The van der Waals surface area contributed by atoms with Gasteiger partial charge < -0.3 is 18.9 Å². The molecular weight excluding hydrogens is 340 g/mol. The van der Waals surface area contributed by atoms with E-state index in [1.165, 1.54) is 5.56 Å². The Bertz CT molecular complexity index is 885. The fraction of sp³-hybridized carbons (Fsp3) is 0.474. The summed E-state index contributed by atoms with van der Waals surface area (Å²) in [6, 6.07) is 4.09. The lowest BCUT2D eigenvalue weighted by atomic mass is 9.87. The maximum atomic E-state index is 13.3. The third kappa shape index (κ3) is 3.76. The van der Waals surface area contributed by atoms with Crippen molar-refractivity contribution < 1.29 is 9.47 Å². The Kier molecular flexibility index (Phi) is 5.95. The molecule has 0 fully saturated rings. The van der Waals surface area contributed by atoms with Crippen LogP contribution in [0.1, 0.15) is 31.4 Å². The molecule has 0 aliphatic carbocycles. The Hall–Kier alpha value is -2.21. The average molecular weight is 367 g/mol. The molecule has 0 bridgehead atoms. The summed E-state index contributed by atoms with van der Waals surface area (Å²) in [5, 5.41) is 0. The molecule has 27 heavy (non-hydrogen) atoms. The number of methoxy groups -OCH3 is 2. The third-order valence-electron chi connectivity index (χ3n) is 5.20. The Morgan fingerprint density at radius 2 is 2.07 bits per heavy atom. The molecule has 2 heterocycles. The van der Waals surface area contributed by atoms with Gasteiger partial charge in [0.25, 0.3) is 5.56 Å². The summed E-state index contributed by atoms with van der Waals surface area (Å²) in [4.78, 5) is 20.0. The van der Waals surface area contributed by atoms with Crippen LogP contribution in [0, 0.1) is 0 Å². The number of anilines is 2. The zero-order valence-corrected chi connectivity index (χ0v) is 16.9. The van der Waals surface area contributed by atoms with Gasteiger partial charge in [-0.15, -0.1) is 0 Å². The van der Waals surface area contributed by atoms with E-state index in [9.17, 15) is 4.79 Å². The van der Waals surface area contributed by atoms with E-state index in [1.54, 1.807) is 18.8 Å². The number of benzene rings is 1. The van der Waals surface area contributed by atoms with Crippen molar-refractivity contribution in [3.05, 3.63) is 34.2 Å². The van der Waals surface area contributed by atoms with Gasteiger partial charge >= 0.3 is 0 Å². The molecule has 1 aromatic carbocycles. The maximum absolute atomic E-state index is 13.3. The van der Waals surface area contributed by atoms with Crippen molar-refractivity contribution in [1.82, 2.24) is 9.55 Å². The van der Waals surface area contributed by atoms with E-state index in [0.717, 1.165) is 48.3 Å². The van der Waals surface area contributed by atoms with Crippen LogP contribution >= 0.6 is 0 Å². The molecule has 0 spiro atoms. The van der Waals surface area contributed by atoms with Crippen LogP contribution in [0.5, 0.6) is 5.75 Å². The summed E-state index contributed by atoms with van der Waals surface area (Å²) in [6.45, 7) is 3.36. The number of aryl methyl sites for hydroxylation is 1. The van der Waals surface area contributed by atoms with Gasteiger partial charge in [0.2, 0.25) is 0 Å². The smallest absolute Gasteiger partial charge is 0.294 e. The number of ether oxygens (including phenoxy) is 2. The highest BCUT2D eigenvalue weighted by Gasteiger charge is 2.26. The molecule has 0 unspecified atom stereocenters. The number of rotatable bonds is 6. The minimum absolute atomic E-state index is 0.00387. The first-order valence-corrected chi connectivity index (χ1v) is 9.53. The number of hydrogen-bond donors (Lipinski definition) is 0. The van der Waals surface area contributed by atoms with Crippen LogP contribution in [-0.4, -0.2) is 52.6 Å². The highest BCUT2D eigenvalue weighted by molar-refractivity contribution is 6.36. The van der Waals surface area contributed by atoms with Crippen LogP contribution in [0.25, 0.3) is 0 Å². The highest BCUT2D eigenvalue weighted by Crippen LogP contribution is 2.31. The second-order valence-electron chi connectivity index (χ2n) is 7.14. The predicted octanol–water partition coefficient (Wildman–Crippen LogP) is -0.549. The minimum atomic E-state index is -0.0624. The van der Waals surface area contributed by atoms with Crippen LogP contribution in [-0.2, 0) is 11.2 Å². The normalized spacial score (nSPS) is 14.7. The molecule has 0 amide bonds. The van der Waals surface area contributed by atoms with Crippen molar-refractivity contribution in [1.29, 1.82) is 0 Å². The number of nitrogens with zero attached hydrogens (tertiary/aromatic N) is 3. The topological polar surface area (TPSA) is 56.6 Å². The van der Waals surface area contributed by atoms with Gasteiger partial charge in [-0.2, -0.15) is 0 Å². The summed E-state index contributed by atoms with van der Waals surface area (Å²) < 4.78 is 12.5. The van der Waals surface area contributed by atoms with Gasteiger partial charge in [0.15, 0.2) is 13.7 Å². The van der Waals surface area contributed by atoms with E-state index in [1.807, 2.05) is 20.1 Å². The summed E-state index contributed by atoms with van der Waals surface area (Å²) >= 11 is 0. The lowest BCUT2D eigenvalue weighted by Crippen LogP contribution is -2.40. The van der Waals surface area contributed by atoms with Crippen molar-refractivity contribution in [2.24, 2.45) is 0 Å². The van der Waals surface area contributed by atoms with Gasteiger partial charge in [-0.25, -0.2) is 4.98 Å². The summed E-state index contributed by atoms with van der Waals surface area (Å²) in [5.41, 5.74) is 4.16. The molecule has 2 aromatic rings. The van der Waals surface area contributed by atoms with Crippen LogP contribution < -0.4 is 26.3 Å². The van der Waals surface area contributed by atoms with Gasteiger partial charge in [-0.1, -0.05) is 12.4 Å². The monoisotopic (exact) mass is 367 g/mol. The van der Waals surface area contributed by atoms with Gasteiger partial charge in [-0.3, -0.25) is 4.79 Å². The molecule has 1 atom stereocenters. The SMILES string of the molecule is Bc1cn([C@H](CC)COC)c(=O)c(N2CCCc3cc(OC)cc(B)c32)n1. The molecule has 1 aliphatic heterocycles. The largest absolute Gasteiger partial charge is 0.497 e. The number of hydrogen-bond acceptors (Lipinski definition) is 5. The average Bonchev–Trinajstić information content (AvgIpc) is 2.67. The van der Waals surface area contributed by atoms with Crippen molar-refractivity contribution in [2.45, 2.75) is 32.2 Å². The molecule has 142 valence electrons. The van der Waals surface area contributed by atoms with E-state index in [4.69, 9.17) is 9.47 Å². The van der Waals surface area contributed by atoms with Crippen LogP contribution in [0.15, 0.2) is 23.1 Å². The quantitative estimate of drug-likeness (QED) is 0.642. The molecular formula is C19H27B2N3O3. The molecule has 0 saturated carbocycles. The Morgan fingerprint density at radius 1 is 1.30 bits per heavy atom. The number of fused-ring (bicyclic) bond motifs is 1. The standard InChI is InChI=1S/C19H27B2N3O3/c1-4-13(11-26-2)24-10-16(21)22-18(19(24)25)23-7-5-6-12-8-14(27-3)9-15(20)17(12)23/h8-10,13H,4-7,11,20-21H2,1-3H3/t13-/m1/s1. The minimum Gasteiger partial charge on any atom is -0.497 e. The third-order valence-corrected chi connectivity index (χ3v) is 5.20. The van der Waals surface area contributed by atoms with Crippen LogP contribution in [0.3, 0.4) is 0 Å². The van der Waals surface area contributed by atoms with Crippen molar-refractivity contribution in [3.63, 3.8) is 0 Å². The maximum Gasteiger partial charge on any atom is 0.294 e. The van der Waals surface area contributed by atoms with Crippen molar-refractivity contribution >= 4 is 38.3 Å². The van der Waals surface area contributed by atoms with Crippen molar-refractivity contribution in [2.75, 3.05) is 32.3 Å². The zero-order chi connectivity index (χ0) is 19.6. The molecule has 0 N–H and O–H groups in total. The van der Waals surface area contributed by atoms with Gasteiger partial charge in [0.05, 0.1) is 19.8 Å². The van der Waals surface area contributed by atoms with E-state index >= 15 is 0 Å². The van der Waals surface area contributed by atoms with Gasteiger partial charge in [-0.05, 0) is 37.0 Å². The lowest BCUT2D eigenvalue weighted by Gasteiger charge is -2.33. The molecule has 0 radical (unpaired) electrons. The second-order valence-corrected chi connectivity index (χ2v) is 7.14. The molecule has 1 aromatic heterocycles. The summed E-state index contributed by atoms with van der Waals surface area (Å²) in [5.74, 6) is 1.35. The van der Waals surface area contributed by atoms with E-state index in [-0.39, 0.29) is 11.6 Å².